The van der Waals surface area contributed by atoms with Gasteiger partial charge in [0.25, 0.3) is 5.56 Å². The second-order valence-electron chi connectivity index (χ2n) is 4.51. The Bertz CT molecular complexity index is 537. The molecule has 0 aliphatic heterocycles. The maximum absolute atomic E-state index is 11.7. The summed E-state index contributed by atoms with van der Waals surface area (Å²) in [6.45, 7) is 2.67. The largest absolute Gasteiger partial charge is 0.389 e. The normalized spacial score (nSPS) is 12.3. The number of hydrogen-bond donors (Lipinski definition) is 4. The van der Waals surface area contributed by atoms with E-state index in [1.807, 2.05) is 6.92 Å². The van der Waals surface area contributed by atoms with E-state index < -0.39 is 17.4 Å². The summed E-state index contributed by atoms with van der Waals surface area (Å²) in [6.07, 6.45) is 0.914. The zero-order valence-corrected chi connectivity index (χ0v) is 11.8. The number of H-pyrrole nitrogens is 1. The molecule has 0 bridgehead atoms. The molecule has 8 nitrogen and oxygen atoms in total. The Morgan fingerprint density at radius 1 is 1.50 bits per heavy atom. The van der Waals surface area contributed by atoms with Crippen molar-refractivity contribution in [3.63, 3.8) is 0 Å². The molecular weight excluding hydrogens is 264 g/mol. The van der Waals surface area contributed by atoms with Crippen molar-refractivity contribution in [3.05, 3.63) is 20.8 Å². The summed E-state index contributed by atoms with van der Waals surface area (Å²) in [6, 6.07) is 0. The third-order valence-electron chi connectivity index (χ3n) is 2.85. The van der Waals surface area contributed by atoms with Crippen LogP contribution in [0.3, 0.4) is 0 Å². The molecule has 1 aromatic heterocycles. The number of nitrogens with two attached hydrogens (primary N) is 1. The topological polar surface area (TPSA) is 122 Å². The highest BCUT2D eigenvalue weighted by atomic mass is 16.5. The van der Waals surface area contributed by atoms with Gasteiger partial charge in [0.1, 0.15) is 11.5 Å². The molecule has 114 valence electrons. The second kappa shape index (κ2) is 7.71. The highest BCUT2D eigenvalue weighted by Gasteiger charge is 2.13. The minimum absolute atomic E-state index is 0.0804. The molecule has 20 heavy (non-hydrogen) atoms. The lowest BCUT2D eigenvalue weighted by Crippen LogP contribution is -2.35. The average Bonchev–Trinajstić information content (AvgIpc) is 2.38. The van der Waals surface area contributed by atoms with E-state index in [2.05, 4.69) is 10.3 Å². The third kappa shape index (κ3) is 4.10. The van der Waals surface area contributed by atoms with Gasteiger partial charge in [0.2, 0.25) is 0 Å². The van der Waals surface area contributed by atoms with Crippen LogP contribution in [0.4, 0.5) is 11.5 Å². The number of aromatic nitrogens is 2. The Morgan fingerprint density at radius 3 is 2.80 bits per heavy atom. The number of unbranched alkanes of at least 4 members (excludes halogenated alkanes) is 1. The number of aliphatic hydroxyl groups excluding tert-OH is 1. The van der Waals surface area contributed by atoms with Gasteiger partial charge < -0.3 is 20.9 Å². The first-order valence-electron chi connectivity index (χ1n) is 6.54. The molecule has 5 N–H and O–H groups in total. The molecule has 0 aliphatic carbocycles. The van der Waals surface area contributed by atoms with Crippen molar-refractivity contribution >= 4 is 11.5 Å². The predicted octanol–water partition coefficient (Wildman–Crippen LogP) is -0.662. The van der Waals surface area contributed by atoms with Gasteiger partial charge in [-0.15, -0.1) is 0 Å². The van der Waals surface area contributed by atoms with Crippen LogP contribution in [0.15, 0.2) is 9.59 Å². The number of anilines is 2. The monoisotopic (exact) mass is 286 g/mol. The number of methoxy groups -OCH3 is 1. The summed E-state index contributed by atoms with van der Waals surface area (Å²) >= 11 is 0. The van der Waals surface area contributed by atoms with Crippen LogP contribution in [-0.2, 0) is 11.3 Å². The first-order chi connectivity index (χ1) is 9.51. The summed E-state index contributed by atoms with van der Waals surface area (Å²) in [5.74, 6) is 0.0804. The van der Waals surface area contributed by atoms with E-state index in [9.17, 15) is 14.7 Å². The van der Waals surface area contributed by atoms with Crippen LogP contribution in [0.1, 0.15) is 19.8 Å². The number of aromatic amines is 1. The van der Waals surface area contributed by atoms with Crippen molar-refractivity contribution in [2.24, 2.45) is 0 Å². The lowest BCUT2D eigenvalue weighted by atomic mass is 10.3. The van der Waals surface area contributed by atoms with E-state index in [-0.39, 0.29) is 24.7 Å². The molecule has 0 amide bonds. The van der Waals surface area contributed by atoms with Crippen LogP contribution in [0, 0.1) is 0 Å². The summed E-state index contributed by atoms with van der Waals surface area (Å²) in [4.78, 5) is 25.6. The lowest BCUT2D eigenvalue weighted by molar-refractivity contribution is 0.0727. The average molecular weight is 286 g/mol. The summed E-state index contributed by atoms with van der Waals surface area (Å²) < 4.78 is 6.10. The Labute approximate surface area is 116 Å². The van der Waals surface area contributed by atoms with Gasteiger partial charge in [-0.25, -0.2) is 4.79 Å². The third-order valence-corrected chi connectivity index (χ3v) is 2.85. The molecule has 1 heterocycles. The molecule has 1 unspecified atom stereocenters. The van der Waals surface area contributed by atoms with Gasteiger partial charge in [-0.05, 0) is 6.42 Å². The fourth-order valence-electron chi connectivity index (χ4n) is 1.77. The minimum Gasteiger partial charge on any atom is -0.389 e. The van der Waals surface area contributed by atoms with Crippen molar-refractivity contribution in [3.8, 4) is 0 Å². The van der Waals surface area contributed by atoms with Crippen molar-refractivity contribution in [2.45, 2.75) is 32.4 Å². The molecule has 1 atom stereocenters. The Morgan fingerprint density at radius 2 is 2.20 bits per heavy atom. The molecular formula is C12H22N4O4. The maximum atomic E-state index is 11.7. The van der Waals surface area contributed by atoms with E-state index in [1.165, 1.54) is 11.7 Å². The number of hydrogen-bond acceptors (Lipinski definition) is 6. The van der Waals surface area contributed by atoms with E-state index in [0.29, 0.717) is 6.54 Å². The number of nitrogens with one attached hydrogen (secondary N) is 2. The van der Waals surface area contributed by atoms with Crippen molar-refractivity contribution in [2.75, 3.05) is 31.3 Å². The smallest absolute Gasteiger partial charge is 0.330 e. The first kappa shape index (κ1) is 16.3. The van der Waals surface area contributed by atoms with Crippen molar-refractivity contribution in [1.29, 1.82) is 0 Å². The molecule has 0 aromatic carbocycles. The van der Waals surface area contributed by atoms with Gasteiger partial charge in [-0.1, -0.05) is 13.3 Å². The van der Waals surface area contributed by atoms with Crippen LogP contribution in [-0.4, -0.2) is 41.0 Å². The number of rotatable bonds is 8. The summed E-state index contributed by atoms with van der Waals surface area (Å²) in [7, 11) is 1.47. The molecule has 8 heteroatoms. The van der Waals surface area contributed by atoms with Crippen LogP contribution in [0.5, 0.6) is 0 Å². The van der Waals surface area contributed by atoms with Gasteiger partial charge in [0, 0.05) is 20.2 Å². The SMILES string of the molecule is CCCCn1c(N)c(NCC(O)COC)c(=O)[nH]c1=O. The molecule has 0 aliphatic rings. The van der Waals surface area contributed by atoms with E-state index in [4.69, 9.17) is 10.5 Å². The molecule has 0 saturated carbocycles. The van der Waals surface area contributed by atoms with Gasteiger partial charge in [0.15, 0.2) is 0 Å². The van der Waals surface area contributed by atoms with Gasteiger partial charge in [-0.2, -0.15) is 0 Å². The highest BCUT2D eigenvalue weighted by Crippen LogP contribution is 2.10. The summed E-state index contributed by atoms with van der Waals surface area (Å²) in [5, 5.41) is 12.3. The number of ether oxygens (including phenoxy) is 1. The lowest BCUT2D eigenvalue weighted by Gasteiger charge is -2.15. The zero-order chi connectivity index (χ0) is 15.1. The fraction of sp³-hybridized carbons (Fsp3) is 0.667. The van der Waals surface area contributed by atoms with Crippen molar-refractivity contribution in [1.82, 2.24) is 9.55 Å². The van der Waals surface area contributed by atoms with Crippen LogP contribution in [0.2, 0.25) is 0 Å². The molecule has 0 saturated heterocycles. The molecule has 1 rings (SSSR count). The molecule has 1 aromatic rings. The maximum Gasteiger partial charge on any atom is 0.330 e. The molecule has 0 fully saturated rings. The Kier molecular flexibility index (Phi) is 6.26. The van der Waals surface area contributed by atoms with Crippen LogP contribution >= 0.6 is 0 Å². The zero-order valence-electron chi connectivity index (χ0n) is 11.8. The van der Waals surface area contributed by atoms with E-state index in [1.54, 1.807) is 0 Å². The first-order valence-corrected chi connectivity index (χ1v) is 6.54. The van der Waals surface area contributed by atoms with E-state index in [0.717, 1.165) is 12.8 Å². The van der Waals surface area contributed by atoms with Crippen LogP contribution < -0.4 is 22.3 Å². The molecule has 0 radical (unpaired) electrons. The number of nitrogen functional groups attached to an aromatic ring is 1. The fourth-order valence-corrected chi connectivity index (χ4v) is 1.77. The standard InChI is InChI=1S/C12H22N4O4/c1-3-4-5-16-10(13)9(11(18)15-12(16)19)14-6-8(17)7-20-2/h8,14,17H,3-7,13H2,1-2H3,(H,15,18,19). The van der Waals surface area contributed by atoms with Gasteiger partial charge >= 0.3 is 5.69 Å². The van der Waals surface area contributed by atoms with Gasteiger partial charge in [0.05, 0.1) is 12.7 Å². The number of aliphatic hydroxyl groups is 1. The van der Waals surface area contributed by atoms with Crippen LogP contribution in [0.25, 0.3) is 0 Å². The van der Waals surface area contributed by atoms with Crippen molar-refractivity contribution < 1.29 is 9.84 Å². The quantitative estimate of drug-likeness (QED) is 0.503. The predicted molar refractivity (Wildman–Crippen MR) is 77.0 cm³/mol. The number of nitrogens with zero attached hydrogens (tertiary/aromatic N) is 1. The minimum atomic E-state index is -0.769. The summed E-state index contributed by atoms with van der Waals surface area (Å²) in [5.41, 5.74) is 4.83. The van der Waals surface area contributed by atoms with Gasteiger partial charge in [-0.3, -0.25) is 14.3 Å². The Balaban J connectivity index is 2.95. The molecule has 0 spiro atoms. The second-order valence-corrected chi connectivity index (χ2v) is 4.51. The van der Waals surface area contributed by atoms with E-state index >= 15 is 0 Å². The Hall–Kier alpha value is -1.80. The highest BCUT2D eigenvalue weighted by molar-refractivity contribution is 5.60.